The van der Waals surface area contributed by atoms with Gasteiger partial charge in [-0.1, -0.05) is 17.7 Å². The van der Waals surface area contributed by atoms with Gasteiger partial charge in [0.15, 0.2) is 0 Å². The number of hydrogen-bond acceptors (Lipinski definition) is 3. The minimum atomic E-state index is 0.693. The van der Waals surface area contributed by atoms with Gasteiger partial charge in [-0.05, 0) is 19.1 Å². The van der Waals surface area contributed by atoms with Crippen molar-refractivity contribution in [3.05, 3.63) is 29.8 Å². The molecule has 4 nitrogen and oxygen atoms in total. The number of nitrogen functional groups attached to an aromatic ring is 1. The second-order valence-electron chi connectivity index (χ2n) is 3.66. The number of hydrogen-bond donors (Lipinski definition) is 1. The van der Waals surface area contributed by atoms with Gasteiger partial charge in [0.2, 0.25) is 6.41 Å². The van der Waals surface area contributed by atoms with Gasteiger partial charge in [-0.2, -0.15) is 0 Å². The lowest BCUT2D eigenvalue weighted by atomic mass is 10.2. The molecule has 0 saturated carbocycles. The van der Waals surface area contributed by atoms with E-state index in [0.717, 1.165) is 25.2 Å². The van der Waals surface area contributed by atoms with Crippen LogP contribution in [0.4, 0.5) is 5.69 Å². The van der Waals surface area contributed by atoms with Crippen LogP contribution < -0.4 is 5.73 Å². The number of anilines is 1. The third-order valence-electron chi connectivity index (χ3n) is 2.27. The molecule has 1 heterocycles. The zero-order valence-corrected chi connectivity index (χ0v) is 9.56. The summed E-state index contributed by atoms with van der Waals surface area (Å²) in [6, 6.07) is 7.79. The molecule has 2 rings (SSSR count). The number of rotatable bonds is 1. The molecule has 0 unspecified atom stereocenters. The summed E-state index contributed by atoms with van der Waals surface area (Å²) in [5.41, 5.74) is 7.51. The number of nitrogens with zero attached hydrogens (tertiary/aromatic N) is 1. The fourth-order valence-electron chi connectivity index (χ4n) is 1.25. The molecule has 16 heavy (non-hydrogen) atoms. The molecule has 0 aliphatic carbocycles. The summed E-state index contributed by atoms with van der Waals surface area (Å²) < 4.78 is 5.00. The molecule has 1 fully saturated rings. The third kappa shape index (κ3) is 4.79. The minimum Gasteiger partial charge on any atom is -0.399 e. The van der Waals surface area contributed by atoms with Crippen LogP contribution in [0.2, 0.25) is 0 Å². The van der Waals surface area contributed by atoms with Crippen molar-refractivity contribution in [2.75, 3.05) is 32.0 Å². The molecule has 1 aromatic carbocycles. The average molecular weight is 222 g/mol. The third-order valence-corrected chi connectivity index (χ3v) is 2.27. The maximum absolute atomic E-state index is 10.0. The van der Waals surface area contributed by atoms with Crippen LogP contribution in [0.5, 0.6) is 0 Å². The Morgan fingerprint density at radius 3 is 2.19 bits per heavy atom. The number of benzene rings is 1. The molecule has 88 valence electrons. The highest BCUT2D eigenvalue weighted by Crippen LogP contribution is 2.02. The number of aryl methyl sites for hydroxylation is 1. The minimum absolute atomic E-state index is 0.693. The Balaban J connectivity index is 0.000000160. The fraction of sp³-hybridized carbons (Fsp3) is 0.417. The van der Waals surface area contributed by atoms with Gasteiger partial charge in [-0.3, -0.25) is 4.79 Å². The van der Waals surface area contributed by atoms with Crippen LogP contribution in [-0.2, 0) is 9.53 Å². The van der Waals surface area contributed by atoms with Crippen molar-refractivity contribution in [1.82, 2.24) is 4.90 Å². The van der Waals surface area contributed by atoms with Crippen LogP contribution in [0.3, 0.4) is 0 Å². The molecule has 0 atom stereocenters. The largest absolute Gasteiger partial charge is 0.399 e. The van der Waals surface area contributed by atoms with Crippen molar-refractivity contribution in [1.29, 1.82) is 0 Å². The van der Waals surface area contributed by atoms with Crippen molar-refractivity contribution in [3.63, 3.8) is 0 Å². The SMILES string of the molecule is Cc1ccc(N)cc1.O=CN1CCOCC1. The number of carbonyl (C=O) groups excluding carboxylic acids is 1. The van der Waals surface area contributed by atoms with Crippen LogP contribution >= 0.6 is 0 Å². The lowest BCUT2D eigenvalue weighted by Crippen LogP contribution is -2.34. The summed E-state index contributed by atoms with van der Waals surface area (Å²) in [5, 5.41) is 0. The molecule has 0 spiro atoms. The van der Waals surface area contributed by atoms with E-state index in [-0.39, 0.29) is 0 Å². The van der Waals surface area contributed by atoms with E-state index in [9.17, 15) is 4.79 Å². The second kappa shape index (κ2) is 6.85. The molecule has 1 amide bonds. The van der Waals surface area contributed by atoms with E-state index >= 15 is 0 Å². The van der Waals surface area contributed by atoms with E-state index in [4.69, 9.17) is 10.5 Å². The number of ether oxygens (including phenoxy) is 1. The van der Waals surface area contributed by atoms with E-state index in [1.165, 1.54) is 5.56 Å². The molecule has 0 bridgehead atoms. The summed E-state index contributed by atoms with van der Waals surface area (Å²) in [4.78, 5) is 11.7. The molecule has 4 heteroatoms. The monoisotopic (exact) mass is 222 g/mol. The predicted octanol–water partition coefficient (Wildman–Crippen LogP) is 1.05. The zero-order chi connectivity index (χ0) is 11.8. The summed E-state index contributed by atoms with van der Waals surface area (Å²) in [7, 11) is 0. The maximum atomic E-state index is 10.0. The average Bonchev–Trinajstić information content (AvgIpc) is 2.35. The van der Waals surface area contributed by atoms with Gasteiger partial charge in [0.05, 0.1) is 13.2 Å². The Labute approximate surface area is 96.0 Å². The van der Waals surface area contributed by atoms with Crippen molar-refractivity contribution in [2.45, 2.75) is 6.92 Å². The number of nitrogens with two attached hydrogens (primary N) is 1. The van der Waals surface area contributed by atoms with Gasteiger partial charge < -0.3 is 15.4 Å². The Morgan fingerprint density at radius 1 is 1.25 bits per heavy atom. The van der Waals surface area contributed by atoms with Crippen LogP contribution in [-0.4, -0.2) is 37.6 Å². The Morgan fingerprint density at radius 2 is 1.81 bits per heavy atom. The van der Waals surface area contributed by atoms with Crippen molar-refractivity contribution < 1.29 is 9.53 Å². The molecular formula is C12H18N2O2. The molecule has 1 saturated heterocycles. The van der Waals surface area contributed by atoms with E-state index in [2.05, 4.69) is 0 Å². The van der Waals surface area contributed by atoms with Gasteiger partial charge in [-0.15, -0.1) is 0 Å². The topological polar surface area (TPSA) is 55.6 Å². The van der Waals surface area contributed by atoms with Gasteiger partial charge in [0.1, 0.15) is 0 Å². The summed E-state index contributed by atoms with van der Waals surface area (Å²) in [5.74, 6) is 0. The standard InChI is InChI=1S/C7H9N.C5H9NO2/c1-6-2-4-7(8)5-3-6;7-5-6-1-3-8-4-2-6/h2-5H,8H2,1H3;5H,1-4H2. The van der Waals surface area contributed by atoms with E-state index in [1.54, 1.807) is 4.90 Å². The van der Waals surface area contributed by atoms with Crippen molar-refractivity contribution in [3.8, 4) is 0 Å². The van der Waals surface area contributed by atoms with E-state index in [1.807, 2.05) is 31.2 Å². The van der Waals surface area contributed by atoms with Gasteiger partial charge in [0, 0.05) is 18.8 Å². The Bertz CT molecular complexity index is 284. The molecule has 1 aliphatic heterocycles. The van der Waals surface area contributed by atoms with Crippen LogP contribution in [0.1, 0.15) is 5.56 Å². The lowest BCUT2D eigenvalue weighted by molar-refractivity contribution is -0.121. The molecular weight excluding hydrogens is 204 g/mol. The van der Waals surface area contributed by atoms with Gasteiger partial charge >= 0.3 is 0 Å². The first-order chi connectivity index (χ1) is 7.72. The highest BCUT2D eigenvalue weighted by Gasteiger charge is 2.05. The highest BCUT2D eigenvalue weighted by molar-refractivity contribution is 5.46. The first-order valence-corrected chi connectivity index (χ1v) is 5.31. The summed E-state index contributed by atoms with van der Waals surface area (Å²) in [6.45, 7) is 4.93. The quantitative estimate of drug-likeness (QED) is 0.571. The summed E-state index contributed by atoms with van der Waals surface area (Å²) in [6.07, 6.45) is 0.864. The van der Waals surface area contributed by atoms with Gasteiger partial charge in [0.25, 0.3) is 0 Å². The van der Waals surface area contributed by atoms with E-state index < -0.39 is 0 Å². The molecule has 1 aromatic rings. The predicted molar refractivity (Wildman–Crippen MR) is 64.0 cm³/mol. The zero-order valence-electron chi connectivity index (χ0n) is 9.56. The first kappa shape index (κ1) is 12.5. The van der Waals surface area contributed by atoms with Crippen molar-refractivity contribution >= 4 is 12.1 Å². The van der Waals surface area contributed by atoms with Crippen LogP contribution in [0.15, 0.2) is 24.3 Å². The molecule has 0 aromatic heterocycles. The molecule has 2 N–H and O–H groups in total. The lowest BCUT2D eigenvalue weighted by Gasteiger charge is -2.21. The molecule has 1 aliphatic rings. The number of morpholine rings is 1. The first-order valence-electron chi connectivity index (χ1n) is 5.31. The number of carbonyl (C=O) groups is 1. The Hall–Kier alpha value is -1.55. The van der Waals surface area contributed by atoms with Crippen LogP contribution in [0.25, 0.3) is 0 Å². The van der Waals surface area contributed by atoms with Gasteiger partial charge in [-0.25, -0.2) is 0 Å². The number of amides is 1. The normalized spacial score (nSPS) is 14.9. The molecule has 0 radical (unpaired) electrons. The van der Waals surface area contributed by atoms with Crippen molar-refractivity contribution in [2.24, 2.45) is 0 Å². The Kier molecular flexibility index (Phi) is 5.36. The smallest absolute Gasteiger partial charge is 0.209 e. The fourth-order valence-corrected chi connectivity index (χ4v) is 1.25. The maximum Gasteiger partial charge on any atom is 0.209 e. The summed E-state index contributed by atoms with van der Waals surface area (Å²) >= 11 is 0. The highest BCUT2D eigenvalue weighted by atomic mass is 16.5. The van der Waals surface area contributed by atoms with E-state index in [0.29, 0.717) is 13.2 Å². The second-order valence-corrected chi connectivity index (χ2v) is 3.66. The van der Waals surface area contributed by atoms with Crippen LogP contribution in [0, 0.1) is 6.92 Å².